The van der Waals surface area contributed by atoms with Crippen LogP contribution in [0.2, 0.25) is 0 Å². The van der Waals surface area contributed by atoms with Gasteiger partial charge in [0.05, 0.1) is 30.5 Å². The molecule has 0 unspecified atom stereocenters. The lowest BCUT2D eigenvalue weighted by Gasteiger charge is -2.11. The van der Waals surface area contributed by atoms with E-state index >= 15 is 0 Å². The third kappa shape index (κ3) is 4.18. The molecule has 7 nitrogen and oxygen atoms in total. The Morgan fingerprint density at radius 1 is 1.17 bits per heavy atom. The number of hydrogen-bond donors (Lipinski definition) is 1. The standard InChI is InChI=1S/C22H23N3O4/c1-4-25-20-13-17(28-3)8-9-18(20)19(14-23)21(25)15-6-5-7-16(12-15)24-22(26)29-11-10-27-2/h5-9,12-13H,4,10-11H2,1-3H3,(H,24,26). The number of ether oxygens (including phenoxy) is 3. The molecule has 0 aliphatic heterocycles. The molecule has 2 aromatic carbocycles. The van der Waals surface area contributed by atoms with Crippen molar-refractivity contribution in [2.45, 2.75) is 13.5 Å². The Labute approximate surface area is 169 Å². The van der Waals surface area contributed by atoms with Gasteiger partial charge in [0.1, 0.15) is 18.4 Å². The third-order valence-corrected chi connectivity index (χ3v) is 4.60. The van der Waals surface area contributed by atoms with Crippen molar-refractivity contribution in [3.8, 4) is 23.1 Å². The van der Waals surface area contributed by atoms with Gasteiger partial charge in [-0.2, -0.15) is 5.26 Å². The van der Waals surface area contributed by atoms with Gasteiger partial charge in [-0.05, 0) is 31.2 Å². The monoisotopic (exact) mass is 393 g/mol. The fourth-order valence-electron chi connectivity index (χ4n) is 3.31. The largest absolute Gasteiger partial charge is 0.497 e. The average Bonchev–Trinajstić information content (AvgIpc) is 3.06. The zero-order chi connectivity index (χ0) is 20.8. The van der Waals surface area contributed by atoms with Crippen LogP contribution in [0.15, 0.2) is 42.5 Å². The molecule has 3 aromatic rings. The number of methoxy groups -OCH3 is 2. The molecule has 0 aliphatic rings. The second-order valence-electron chi connectivity index (χ2n) is 6.30. The number of carbonyl (C=O) groups is 1. The van der Waals surface area contributed by atoms with Crippen LogP contribution in [0.25, 0.3) is 22.2 Å². The number of carbonyl (C=O) groups excluding carboxylic acids is 1. The molecule has 0 saturated carbocycles. The zero-order valence-corrected chi connectivity index (χ0v) is 16.7. The predicted molar refractivity (Wildman–Crippen MR) is 111 cm³/mol. The highest BCUT2D eigenvalue weighted by molar-refractivity contribution is 5.96. The summed E-state index contributed by atoms with van der Waals surface area (Å²) in [6, 6.07) is 15.4. The quantitative estimate of drug-likeness (QED) is 0.601. The van der Waals surface area contributed by atoms with E-state index in [2.05, 4.69) is 16.0 Å². The SMILES string of the molecule is CCn1c(-c2cccc(NC(=O)OCCOC)c2)c(C#N)c2ccc(OC)cc21. The van der Waals surface area contributed by atoms with E-state index in [1.54, 1.807) is 20.3 Å². The smallest absolute Gasteiger partial charge is 0.411 e. The molecule has 29 heavy (non-hydrogen) atoms. The van der Waals surface area contributed by atoms with E-state index in [-0.39, 0.29) is 6.61 Å². The van der Waals surface area contributed by atoms with Gasteiger partial charge in [0, 0.05) is 36.4 Å². The molecule has 1 heterocycles. The van der Waals surface area contributed by atoms with Crippen LogP contribution in [0.3, 0.4) is 0 Å². The van der Waals surface area contributed by atoms with Gasteiger partial charge in [-0.25, -0.2) is 4.79 Å². The first-order valence-electron chi connectivity index (χ1n) is 9.26. The third-order valence-electron chi connectivity index (χ3n) is 4.60. The molecule has 1 aromatic heterocycles. The lowest BCUT2D eigenvalue weighted by atomic mass is 10.1. The van der Waals surface area contributed by atoms with E-state index in [0.29, 0.717) is 24.4 Å². The van der Waals surface area contributed by atoms with Gasteiger partial charge >= 0.3 is 6.09 Å². The first kappa shape index (κ1) is 20.2. The second kappa shape index (κ2) is 9.13. The van der Waals surface area contributed by atoms with Crippen LogP contribution in [0.1, 0.15) is 12.5 Å². The van der Waals surface area contributed by atoms with E-state index in [1.807, 2.05) is 43.3 Å². The second-order valence-corrected chi connectivity index (χ2v) is 6.30. The summed E-state index contributed by atoms with van der Waals surface area (Å²) in [4.78, 5) is 11.9. The Morgan fingerprint density at radius 2 is 2.00 bits per heavy atom. The van der Waals surface area contributed by atoms with E-state index in [1.165, 1.54) is 0 Å². The lowest BCUT2D eigenvalue weighted by Crippen LogP contribution is -2.16. The van der Waals surface area contributed by atoms with Gasteiger partial charge in [0.15, 0.2) is 0 Å². The summed E-state index contributed by atoms with van der Waals surface area (Å²) >= 11 is 0. The lowest BCUT2D eigenvalue weighted by molar-refractivity contribution is 0.107. The highest BCUT2D eigenvalue weighted by atomic mass is 16.6. The first-order valence-corrected chi connectivity index (χ1v) is 9.26. The molecule has 0 saturated heterocycles. The average molecular weight is 393 g/mol. The van der Waals surface area contributed by atoms with Gasteiger partial charge < -0.3 is 18.8 Å². The Morgan fingerprint density at radius 3 is 2.69 bits per heavy atom. The van der Waals surface area contributed by atoms with Crippen LogP contribution in [-0.2, 0) is 16.0 Å². The van der Waals surface area contributed by atoms with Crippen molar-refractivity contribution in [1.82, 2.24) is 4.57 Å². The Balaban J connectivity index is 2.02. The van der Waals surface area contributed by atoms with Gasteiger partial charge in [-0.1, -0.05) is 12.1 Å². The molecule has 1 amide bonds. The molecule has 7 heteroatoms. The first-order chi connectivity index (χ1) is 14.1. The molecular weight excluding hydrogens is 370 g/mol. The van der Waals surface area contributed by atoms with Gasteiger partial charge in [0.25, 0.3) is 0 Å². The molecule has 1 N–H and O–H groups in total. The van der Waals surface area contributed by atoms with Crippen LogP contribution in [0, 0.1) is 11.3 Å². The van der Waals surface area contributed by atoms with Crippen LogP contribution in [0.4, 0.5) is 10.5 Å². The van der Waals surface area contributed by atoms with Crippen molar-refractivity contribution in [3.63, 3.8) is 0 Å². The van der Waals surface area contributed by atoms with E-state index in [9.17, 15) is 10.1 Å². The summed E-state index contributed by atoms with van der Waals surface area (Å²) in [7, 11) is 3.16. The fourth-order valence-corrected chi connectivity index (χ4v) is 3.31. The van der Waals surface area contributed by atoms with Crippen LogP contribution in [-0.4, -0.2) is 38.1 Å². The molecule has 0 spiro atoms. The summed E-state index contributed by atoms with van der Waals surface area (Å²) < 4.78 is 17.3. The maximum atomic E-state index is 11.9. The van der Waals surface area contributed by atoms with Crippen molar-refractivity contribution in [3.05, 3.63) is 48.0 Å². The molecular formula is C22H23N3O4. The van der Waals surface area contributed by atoms with Crippen molar-refractivity contribution < 1.29 is 19.0 Å². The van der Waals surface area contributed by atoms with E-state index in [4.69, 9.17) is 14.2 Å². The number of rotatable bonds is 7. The van der Waals surface area contributed by atoms with Crippen molar-refractivity contribution in [2.75, 3.05) is 32.8 Å². The number of amides is 1. The Kier molecular flexibility index (Phi) is 6.37. The topological polar surface area (TPSA) is 85.5 Å². The summed E-state index contributed by atoms with van der Waals surface area (Å²) in [5.41, 5.74) is 3.72. The van der Waals surface area contributed by atoms with Crippen molar-refractivity contribution in [2.24, 2.45) is 0 Å². The van der Waals surface area contributed by atoms with E-state index < -0.39 is 6.09 Å². The zero-order valence-electron chi connectivity index (χ0n) is 16.7. The fraction of sp³-hybridized carbons (Fsp3) is 0.273. The molecule has 0 fully saturated rings. The number of nitriles is 1. The molecule has 3 rings (SSSR count). The summed E-state index contributed by atoms with van der Waals surface area (Å²) in [6.45, 7) is 3.21. The number of aromatic nitrogens is 1. The predicted octanol–water partition coefficient (Wildman–Crippen LogP) is 4.40. The maximum absolute atomic E-state index is 11.9. The summed E-state index contributed by atoms with van der Waals surface area (Å²) in [6.07, 6.45) is -0.555. The molecule has 0 atom stereocenters. The number of aryl methyl sites for hydroxylation is 1. The normalized spacial score (nSPS) is 10.6. The number of fused-ring (bicyclic) bond motifs is 1. The Hall–Kier alpha value is -3.50. The van der Waals surface area contributed by atoms with Crippen molar-refractivity contribution >= 4 is 22.7 Å². The molecule has 150 valence electrons. The number of hydrogen-bond acceptors (Lipinski definition) is 5. The minimum absolute atomic E-state index is 0.173. The summed E-state index contributed by atoms with van der Waals surface area (Å²) in [5, 5.41) is 13.4. The van der Waals surface area contributed by atoms with E-state index in [0.717, 1.165) is 27.9 Å². The number of benzene rings is 2. The minimum Gasteiger partial charge on any atom is -0.497 e. The number of nitrogens with zero attached hydrogens (tertiary/aromatic N) is 2. The molecule has 0 radical (unpaired) electrons. The number of anilines is 1. The Bertz CT molecular complexity index is 1070. The molecule has 0 bridgehead atoms. The van der Waals surface area contributed by atoms with Crippen LogP contribution >= 0.6 is 0 Å². The van der Waals surface area contributed by atoms with Gasteiger partial charge in [-0.3, -0.25) is 5.32 Å². The van der Waals surface area contributed by atoms with Gasteiger partial charge in [-0.15, -0.1) is 0 Å². The highest BCUT2D eigenvalue weighted by Gasteiger charge is 2.19. The highest BCUT2D eigenvalue weighted by Crippen LogP contribution is 2.36. The minimum atomic E-state index is -0.555. The van der Waals surface area contributed by atoms with Crippen LogP contribution < -0.4 is 10.1 Å². The maximum Gasteiger partial charge on any atom is 0.411 e. The molecule has 0 aliphatic carbocycles. The summed E-state index contributed by atoms with van der Waals surface area (Å²) in [5.74, 6) is 0.731. The van der Waals surface area contributed by atoms with Gasteiger partial charge in [0.2, 0.25) is 0 Å². The van der Waals surface area contributed by atoms with Crippen LogP contribution in [0.5, 0.6) is 5.75 Å². The number of nitrogens with one attached hydrogen (secondary N) is 1. The van der Waals surface area contributed by atoms with Crippen molar-refractivity contribution in [1.29, 1.82) is 5.26 Å².